The minimum Gasteiger partial charge on any atom is -0.459 e. The highest BCUT2D eigenvalue weighted by Crippen LogP contribution is 2.15. The van der Waals surface area contributed by atoms with E-state index in [0.717, 1.165) is 18.4 Å². The molecule has 1 atom stereocenters. The van der Waals surface area contributed by atoms with Gasteiger partial charge in [0.15, 0.2) is 0 Å². The number of hydrogen-bond donors (Lipinski definition) is 0. The van der Waals surface area contributed by atoms with Crippen molar-refractivity contribution < 1.29 is 18.7 Å². The van der Waals surface area contributed by atoms with Crippen LogP contribution in [0.1, 0.15) is 28.8 Å². The monoisotopic (exact) mass is 238 g/mol. The van der Waals surface area contributed by atoms with Gasteiger partial charge in [-0.05, 0) is 37.5 Å². The maximum Gasteiger partial charge on any atom is 0.341 e. The summed E-state index contributed by atoms with van der Waals surface area (Å²) in [6.07, 6.45) is 1.84. The van der Waals surface area contributed by atoms with Crippen LogP contribution in [-0.4, -0.2) is 25.3 Å². The summed E-state index contributed by atoms with van der Waals surface area (Å²) in [4.78, 5) is 11.6. The van der Waals surface area contributed by atoms with Crippen molar-refractivity contribution in [3.63, 3.8) is 0 Å². The molecule has 1 aromatic rings. The average Bonchev–Trinajstić information content (AvgIpc) is 2.78. The van der Waals surface area contributed by atoms with E-state index in [0.29, 0.717) is 6.61 Å². The molecule has 1 aliphatic rings. The van der Waals surface area contributed by atoms with Crippen LogP contribution >= 0.6 is 0 Å². The van der Waals surface area contributed by atoms with Crippen LogP contribution in [-0.2, 0) is 9.47 Å². The van der Waals surface area contributed by atoms with Crippen LogP contribution in [0.15, 0.2) is 18.2 Å². The van der Waals surface area contributed by atoms with Crippen molar-refractivity contribution in [3.05, 3.63) is 35.1 Å². The first-order valence-electron chi connectivity index (χ1n) is 5.71. The first-order chi connectivity index (χ1) is 8.16. The van der Waals surface area contributed by atoms with Crippen molar-refractivity contribution in [1.82, 2.24) is 0 Å². The SMILES string of the molecule is Cc1ccc(C(=O)OCC2CCCO2)c(F)c1. The number of benzene rings is 1. The first-order valence-corrected chi connectivity index (χ1v) is 5.71. The molecule has 0 aromatic heterocycles. The molecule has 0 N–H and O–H groups in total. The summed E-state index contributed by atoms with van der Waals surface area (Å²) >= 11 is 0. The molecule has 0 spiro atoms. The molecule has 1 aliphatic heterocycles. The number of ether oxygens (including phenoxy) is 2. The molecule has 1 heterocycles. The van der Waals surface area contributed by atoms with Gasteiger partial charge in [-0.1, -0.05) is 6.07 Å². The zero-order valence-corrected chi connectivity index (χ0v) is 9.74. The van der Waals surface area contributed by atoms with E-state index in [2.05, 4.69) is 0 Å². The Morgan fingerprint density at radius 2 is 2.41 bits per heavy atom. The fourth-order valence-corrected chi connectivity index (χ4v) is 1.81. The maximum absolute atomic E-state index is 13.5. The molecule has 1 aromatic carbocycles. The third-order valence-corrected chi connectivity index (χ3v) is 2.77. The van der Waals surface area contributed by atoms with Gasteiger partial charge >= 0.3 is 5.97 Å². The van der Waals surface area contributed by atoms with E-state index in [4.69, 9.17) is 9.47 Å². The Labute approximate surface area is 99.5 Å². The number of rotatable bonds is 3. The summed E-state index contributed by atoms with van der Waals surface area (Å²) in [6, 6.07) is 4.46. The van der Waals surface area contributed by atoms with Crippen LogP contribution in [0, 0.1) is 12.7 Å². The lowest BCUT2D eigenvalue weighted by Gasteiger charge is -2.10. The fourth-order valence-electron chi connectivity index (χ4n) is 1.81. The van der Waals surface area contributed by atoms with Crippen molar-refractivity contribution in [2.75, 3.05) is 13.2 Å². The highest BCUT2D eigenvalue weighted by Gasteiger charge is 2.19. The summed E-state index contributed by atoms with van der Waals surface area (Å²) in [5, 5.41) is 0. The van der Waals surface area contributed by atoms with Crippen LogP contribution in [0.5, 0.6) is 0 Å². The lowest BCUT2D eigenvalue weighted by Crippen LogP contribution is -2.18. The third-order valence-electron chi connectivity index (χ3n) is 2.77. The molecule has 17 heavy (non-hydrogen) atoms. The molecule has 4 heteroatoms. The van der Waals surface area contributed by atoms with E-state index in [1.807, 2.05) is 0 Å². The Morgan fingerprint density at radius 3 is 3.06 bits per heavy atom. The largest absolute Gasteiger partial charge is 0.459 e. The number of carbonyl (C=O) groups is 1. The number of carbonyl (C=O) groups excluding carboxylic acids is 1. The summed E-state index contributed by atoms with van der Waals surface area (Å²) in [5.41, 5.74) is 0.756. The summed E-state index contributed by atoms with van der Waals surface area (Å²) < 4.78 is 23.8. The lowest BCUT2D eigenvalue weighted by molar-refractivity contribution is 0.0157. The van der Waals surface area contributed by atoms with E-state index in [9.17, 15) is 9.18 Å². The number of esters is 1. The van der Waals surface area contributed by atoms with Gasteiger partial charge in [-0.25, -0.2) is 9.18 Å². The van der Waals surface area contributed by atoms with E-state index < -0.39 is 11.8 Å². The molecule has 0 aliphatic carbocycles. The second kappa shape index (κ2) is 5.27. The topological polar surface area (TPSA) is 35.5 Å². The van der Waals surface area contributed by atoms with Gasteiger partial charge in [0.25, 0.3) is 0 Å². The Bertz CT molecular complexity index is 411. The Morgan fingerprint density at radius 1 is 1.59 bits per heavy atom. The van der Waals surface area contributed by atoms with Gasteiger partial charge in [0.1, 0.15) is 12.4 Å². The second-order valence-electron chi connectivity index (χ2n) is 4.22. The van der Waals surface area contributed by atoms with Crippen molar-refractivity contribution in [2.45, 2.75) is 25.9 Å². The Kier molecular flexibility index (Phi) is 3.74. The van der Waals surface area contributed by atoms with Crippen molar-refractivity contribution in [2.24, 2.45) is 0 Å². The van der Waals surface area contributed by atoms with Crippen LogP contribution < -0.4 is 0 Å². The Balaban J connectivity index is 1.94. The van der Waals surface area contributed by atoms with Gasteiger partial charge < -0.3 is 9.47 Å². The number of hydrogen-bond acceptors (Lipinski definition) is 3. The van der Waals surface area contributed by atoms with Crippen LogP contribution in [0.4, 0.5) is 4.39 Å². The van der Waals surface area contributed by atoms with E-state index >= 15 is 0 Å². The fraction of sp³-hybridized carbons (Fsp3) is 0.462. The normalized spacial score (nSPS) is 19.3. The molecule has 0 bridgehead atoms. The highest BCUT2D eigenvalue weighted by molar-refractivity contribution is 5.89. The summed E-state index contributed by atoms with van der Waals surface area (Å²) in [5.74, 6) is -1.17. The average molecular weight is 238 g/mol. The van der Waals surface area contributed by atoms with Gasteiger partial charge in [-0.3, -0.25) is 0 Å². The van der Waals surface area contributed by atoms with Crippen LogP contribution in [0.25, 0.3) is 0 Å². The molecule has 1 unspecified atom stereocenters. The van der Waals surface area contributed by atoms with Gasteiger partial charge in [-0.15, -0.1) is 0 Å². The zero-order chi connectivity index (χ0) is 12.3. The number of halogens is 1. The van der Waals surface area contributed by atoms with Gasteiger partial charge in [0.05, 0.1) is 11.7 Å². The second-order valence-corrected chi connectivity index (χ2v) is 4.22. The van der Waals surface area contributed by atoms with E-state index in [1.165, 1.54) is 12.1 Å². The lowest BCUT2D eigenvalue weighted by atomic mass is 10.1. The molecule has 0 saturated carbocycles. The molecule has 92 valence electrons. The first kappa shape index (κ1) is 12.0. The van der Waals surface area contributed by atoms with Gasteiger partial charge in [-0.2, -0.15) is 0 Å². The van der Waals surface area contributed by atoms with Gasteiger partial charge in [0.2, 0.25) is 0 Å². The maximum atomic E-state index is 13.5. The van der Waals surface area contributed by atoms with Crippen molar-refractivity contribution in [1.29, 1.82) is 0 Å². The van der Waals surface area contributed by atoms with E-state index in [1.54, 1.807) is 13.0 Å². The third kappa shape index (κ3) is 3.03. The summed E-state index contributed by atoms with van der Waals surface area (Å²) in [6.45, 7) is 2.68. The molecular weight excluding hydrogens is 223 g/mol. The molecule has 0 amide bonds. The predicted octanol–water partition coefficient (Wildman–Crippen LogP) is 2.47. The molecular formula is C13H15FO3. The quantitative estimate of drug-likeness (QED) is 0.759. The smallest absolute Gasteiger partial charge is 0.341 e. The number of aryl methyl sites for hydroxylation is 1. The predicted molar refractivity (Wildman–Crippen MR) is 60.4 cm³/mol. The van der Waals surface area contributed by atoms with Gasteiger partial charge in [0, 0.05) is 6.61 Å². The van der Waals surface area contributed by atoms with Crippen molar-refractivity contribution >= 4 is 5.97 Å². The van der Waals surface area contributed by atoms with E-state index in [-0.39, 0.29) is 18.3 Å². The summed E-state index contributed by atoms with van der Waals surface area (Å²) in [7, 11) is 0. The zero-order valence-electron chi connectivity index (χ0n) is 9.74. The molecule has 2 rings (SSSR count). The van der Waals surface area contributed by atoms with Crippen LogP contribution in [0.3, 0.4) is 0 Å². The van der Waals surface area contributed by atoms with Crippen molar-refractivity contribution in [3.8, 4) is 0 Å². The Hall–Kier alpha value is -1.42. The van der Waals surface area contributed by atoms with Crippen LogP contribution in [0.2, 0.25) is 0 Å². The molecule has 1 fully saturated rings. The standard InChI is InChI=1S/C13H15FO3/c1-9-4-5-11(12(14)7-9)13(15)17-8-10-3-2-6-16-10/h4-5,7,10H,2-3,6,8H2,1H3. The minimum absolute atomic E-state index is 0.0198. The molecule has 1 saturated heterocycles. The highest BCUT2D eigenvalue weighted by atomic mass is 19.1. The molecule has 3 nitrogen and oxygen atoms in total. The minimum atomic E-state index is -0.627. The molecule has 0 radical (unpaired) electrons.